The van der Waals surface area contributed by atoms with Gasteiger partial charge in [-0.15, -0.1) is 5.10 Å². The number of guanidine groups is 1. The normalized spacial score (nSPS) is 19.1. The number of nitrogens with zero attached hydrogens (tertiary/aromatic N) is 4. The zero-order valence-electron chi connectivity index (χ0n) is 14.3. The van der Waals surface area contributed by atoms with Gasteiger partial charge in [0.25, 0.3) is 0 Å². The molecule has 0 radical (unpaired) electrons. The lowest BCUT2D eigenvalue weighted by atomic mass is 10.1. The first-order valence-corrected chi connectivity index (χ1v) is 9.24. The Balaban J connectivity index is 1.58. The van der Waals surface area contributed by atoms with E-state index in [9.17, 15) is 0 Å². The van der Waals surface area contributed by atoms with Gasteiger partial charge in [-0.05, 0) is 18.1 Å². The summed E-state index contributed by atoms with van der Waals surface area (Å²) in [5.41, 5.74) is 0. The van der Waals surface area contributed by atoms with Gasteiger partial charge in [0.2, 0.25) is 5.82 Å². The quantitative estimate of drug-likeness (QED) is 0.651. The Morgan fingerprint density at radius 3 is 3.17 bits per heavy atom. The average Bonchev–Trinajstić information content (AvgIpc) is 3.27. The number of aromatic amines is 1. The molecule has 1 unspecified atom stereocenters. The third-order valence-electron chi connectivity index (χ3n) is 4.04. The van der Waals surface area contributed by atoms with Gasteiger partial charge in [0, 0.05) is 31.1 Å². The fraction of sp³-hybridized carbons (Fsp3) is 0.562. The molecule has 2 aromatic heterocycles. The molecule has 1 fully saturated rings. The standard InChI is InChI=1S/C16H24N6OS/c1-11(2)13-10-22(6-8-24-13)16(17-3)18-9-14-19-15(21-20-14)12-5-4-7-23-12/h4-5,7,11,13H,6,8-10H2,1-3H3,(H,17,18)(H,19,20,21). The van der Waals surface area contributed by atoms with E-state index in [1.54, 1.807) is 6.26 Å². The third kappa shape index (κ3) is 3.92. The van der Waals surface area contributed by atoms with Crippen molar-refractivity contribution < 1.29 is 4.42 Å². The van der Waals surface area contributed by atoms with Crippen LogP contribution in [0.15, 0.2) is 27.8 Å². The van der Waals surface area contributed by atoms with Gasteiger partial charge in [0.1, 0.15) is 5.82 Å². The molecule has 3 heterocycles. The predicted octanol–water partition coefficient (Wildman–Crippen LogP) is 2.21. The van der Waals surface area contributed by atoms with Crippen molar-refractivity contribution in [2.45, 2.75) is 25.6 Å². The molecular weight excluding hydrogens is 324 g/mol. The highest BCUT2D eigenvalue weighted by Gasteiger charge is 2.24. The molecular formula is C16H24N6OS. The van der Waals surface area contributed by atoms with Crippen molar-refractivity contribution in [3.8, 4) is 11.6 Å². The van der Waals surface area contributed by atoms with Gasteiger partial charge in [-0.3, -0.25) is 10.1 Å². The molecule has 0 spiro atoms. The van der Waals surface area contributed by atoms with Crippen LogP contribution in [-0.4, -0.2) is 57.2 Å². The zero-order valence-corrected chi connectivity index (χ0v) is 15.1. The number of hydrogen-bond donors (Lipinski definition) is 2. The third-order valence-corrected chi connectivity index (χ3v) is 5.58. The molecule has 1 saturated heterocycles. The number of rotatable bonds is 4. The summed E-state index contributed by atoms with van der Waals surface area (Å²) in [4.78, 5) is 11.2. The van der Waals surface area contributed by atoms with Gasteiger partial charge < -0.3 is 14.6 Å². The summed E-state index contributed by atoms with van der Waals surface area (Å²) in [5, 5.41) is 11.1. The fourth-order valence-electron chi connectivity index (χ4n) is 2.66. The van der Waals surface area contributed by atoms with Crippen LogP contribution in [0.2, 0.25) is 0 Å². The molecule has 0 bridgehead atoms. The first-order valence-electron chi connectivity index (χ1n) is 8.19. The van der Waals surface area contributed by atoms with Crippen molar-refractivity contribution in [3.05, 3.63) is 24.2 Å². The zero-order chi connectivity index (χ0) is 16.9. The van der Waals surface area contributed by atoms with E-state index >= 15 is 0 Å². The van der Waals surface area contributed by atoms with Gasteiger partial charge in [0.05, 0.1) is 12.8 Å². The Kier molecular flexibility index (Phi) is 5.44. The second-order valence-corrected chi connectivity index (χ2v) is 7.43. The van der Waals surface area contributed by atoms with Crippen LogP contribution in [0.1, 0.15) is 19.7 Å². The maximum absolute atomic E-state index is 5.31. The minimum absolute atomic E-state index is 0.552. The summed E-state index contributed by atoms with van der Waals surface area (Å²) in [6.45, 7) is 7.15. The minimum Gasteiger partial charge on any atom is -0.461 e. The van der Waals surface area contributed by atoms with Crippen LogP contribution in [0.5, 0.6) is 0 Å². The van der Waals surface area contributed by atoms with E-state index in [-0.39, 0.29) is 0 Å². The average molecular weight is 348 g/mol. The van der Waals surface area contributed by atoms with E-state index in [4.69, 9.17) is 4.42 Å². The van der Waals surface area contributed by atoms with E-state index in [2.05, 4.69) is 56.0 Å². The van der Waals surface area contributed by atoms with Crippen molar-refractivity contribution in [1.29, 1.82) is 0 Å². The molecule has 130 valence electrons. The van der Waals surface area contributed by atoms with Crippen molar-refractivity contribution in [2.75, 3.05) is 25.9 Å². The van der Waals surface area contributed by atoms with E-state index in [1.165, 1.54) is 0 Å². The van der Waals surface area contributed by atoms with Crippen LogP contribution in [0.3, 0.4) is 0 Å². The second kappa shape index (κ2) is 7.74. The SMILES string of the molecule is CN=C(NCc1nc(-c2ccco2)n[nH]1)N1CCSC(C(C)C)C1. The Morgan fingerprint density at radius 2 is 2.46 bits per heavy atom. The largest absolute Gasteiger partial charge is 0.461 e. The van der Waals surface area contributed by atoms with Crippen molar-refractivity contribution >= 4 is 17.7 Å². The van der Waals surface area contributed by atoms with E-state index < -0.39 is 0 Å². The molecule has 0 saturated carbocycles. The highest BCUT2D eigenvalue weighted by atomic mass is 32.2. The topological polar surface area (TPSA) is 82.3 Å². The highest BCUT2D eigenvalue weighted by Crippen LogP contribution is 2.24. The van der Waals surface area contributed by atoms with Crippen LogP contribution in [-0.2, 0) is 6.54 Å². The lowest BCUT2D eigenvalue weighted by molar-refractivity contribution is 0.380. The van der Waals surface area contributed by atoms with Gasteiger partial charge in [-0.2, -0.15) is 11.8 Å². The molecule has 0 amide bonds. The van der Waals surface area contributed by atoms with Crippen LogP contribution in [0.25, 0.3) is 11.6 Å². The van der Waals surface area contributed by atoms with E-state index in [0.29, 0.717) is 29.3 Å². The van der Waals surface area contributed by atoms with E-state index in [1.807, 2.05) is 19.2 Å². The van der Waals surface area contributed by atoms with Crippen LogP contribution >= 0.6 is 11.8 Å². The number of H-pyrrole nitrogens is 1. The number of hydrogen-bond acceptors (Lipinski definition) is 5. The van der Waals surface area contributed by atoms with Crippen LogP contribution in [0, 0.1) is 5.92 Å². The first kappa shape index (κ1) is 16.9. The summed E-state index contributed by atoms with van der Waals surface area (Å²) in [6.07, 6.45) is 1.62. The number of aromatic nitrogens is 3. The Labute approximate surface area is 146 Å². The van der Waals surface area contributed by atoms with Gasteiger partial charge in [0.15, 0.2) is 11.7 Å². The summed E-state index contributed by atoms with van der Waals surface area (Å²) in [5.74, 6) is 4.71. The number of aliphatic imine (C=N–C) groups is 1. The van der Waals surface area contributed by atoms with Crippen molar-refractivity contribution in [1.82, 2.24) is 25.4 Å². The van der Waals surface area contributed by atoms with Crippen LogP contribution in [0.4, 0.5) is 0 Å². The minimum atomic E-state index is 0.552. The Hall–Kier alpha value is -1.96. The predicted molar refractivity (Wildman–Crippen MR) is 96.9 cm³/mol. The maximum Gasteiger partial charge on any atom is 0.216 e. The lowest BCUT2D eigenvalue weighted by Gasteiger charge is -2.36. The van der Waals surface area contributed by atoms with Crippen molar-refractivity contribution in [3.63, 3.8) is 0 Å². The molecule has 0 aliphatic carbocycles. The Morgan fingerprint density at radius 1 is 1.58 bits per heavy atom. The summed E-state index contributed by atoms with van der Waals surface area (Å²) in [6, 6.07) is 3.67. The maximum atomic E-state index is 5.31. The summed E-state index contributed by atoms with van der Waals surface area (Å²) in [7, 11) is 1.82. The Bertz CT molecular complexity index is 666. The highest BCUT2D eigenvalue weighted by molar-refractivity contribution is 8.00. The van der Waals surface area contributed by atoms with Crippen LogP contribution < -0.4 is 5.32 Å². The van der Waals surface area contributed by atoms with Gasteiger partial charge in [-0.25, -0.2) is 4.98 Å². The molecule has 7 nitrogen and oxygen atoms in total. The molecule has 8 heteroatoms. The molecule has 2 N–H and O–H groups in total. The molecule has 2 aromatic rings. The first-order chi connectivity index (χ1) is 11.7. The molecule has 3 rings (SSSR count). The molecule has 0 aromatic carbocycles. The van der Waals surface area contributed by atoms with Crippen molar-refractivity contribution in [2.24, 2.45) is 10.9 Å². The monoisotopic (exact) mass is 348 g/mol. The second-order valence-electron chi connectivity index (χ2n) is 6.08. The molecule has 1 atom stereocenters. The number of thioether (sulfide) groups is 1. The fourth-order valence-corrected chi connectivity index (χ4v) is 3.96. The number of furan rings is 1. The van der Waals surface area contributed by atoms with E-state index in [0.717, 1.165) is 30.6 Å². The summed E-state index contributed by atoms with van der Waals surface area (Å²) < 4.78 is 5.31. The van der Waals surface area contributed by atoms with Gasteiger partial charge >= 0.3 is 0 Å². The molecule has 1 aliphatic rings. The lowest BCUT2D eigenvalue weighted by Crippen LogP contribution is -2.48. The molecule has 1 aliphatic heterocycles. The summed E-state index contributed by atoms with van der Waals surface area (Å²) >= 11 is 2.06. The number of nitrogens with one attached hydrogen (secondary N) is 2. The van der Waals surface area contributed by atoms with Gasteiger partial charge in [-0.1, -0.05) is 13.8 Å². The molecule has 24 heavy (non-hydrogen) atoms. The smallest absolute Gasteiger partial charge is 0.216 e.